The highest BCUT2D eigenvalue weighted by atomic mass is 127. The number of guanidine groups is 1. The second kappa shape index (κ2) is 11.3. The van der Waals surface area contributed by atoms with Crippen LogP contribution in [0.5, 0.6) is 0 Å². The van der Waals surface area contributed by atoms with Gasteiger partial charge in [-0.25, -0.2) is 9.38 Å². The van der Waals surface area contributed by atoms with Crippen molar-refractivity contribution in [1.29, 1.82) is 0 Å². The highest BCUT2D eigenvalue weighted by molar-refractivity contribution is 14.0. The Labute approximate surface area is 149 Å². The zero-order valence-electron chi connectivity index (χ0n) is 13.3. The van der Waals surface area contributed by atoms with Crippen LogP contribution in [0, 0.1) is 18.2 Å². The van der Waals surface area contributed by atoms with Gasteiger partial charge in [-0.3, -0.25) is 0 Å². The third-order valence-electron chi connectivity index (χ3n) is 2.72. The molecule has 0 fully saturated rings. The predicted octanol–water partition coefficient (Wildman–Crippen LogP) is 2.19. The molecule has 0 heterocycles. The summed E-state index contributed by atoms with van der Waals surface area (Å²) >= 11 is 0. The van der Waals surface area contributed by atoms with Gasteiger partial charge in [0.1, 0.15) is 5.82 Å². The Morgan fingerprint density at radius 3 is 2.68 bits per heavy atom. The van der Waals surface area contributed by atoms with Crippen LogP contribution in [0.4, 0.5) is 4.39 Å². The van der Waals surface area contributed by atoms with Gasteiger partial charge in [-0.1, -0.05) is 12.0 Å². The van der Waals surface area contributed by atoms with Crippen molar-refractivity contribution >= 4 is 29.9 Å². The van der Waals surface area contributed by atoms with Gasteiger partial charge in [-0.2, -0.15) is 0 Å². The molecule has 1 aromatic rings. The maximum Gasteiger partial charge on any atom is 0.192 e. The molecule has 0 aliphatic rings. The molecular weight excluding hydrogens is 394 g/mol. The molecule has 0 bridgehead atoms. The lowest BCUT2D eigenvalue weighted by Crippen LogP contribution is -2.37. The molecule has 0 saturated carbocycles. The zero-order chi connectivity index (χ0) is 15.7. The van der Waals surface area contributed by atoms with Crippen molar-refractivity contribution in [2.75, 3.05) is 27.2 Å². The summed E-state index contributed by atoms with van der Waals surface area (Å²) in [6, 6.07) is 5.10. The molecule has 0 radical (unpaired) electrons. The molecule has 6 heteroatoms. The molecular formula is C16H24FIN4. The van der Waals surface area contributed by atoms with E-state index in [1.54, 1.807) is 6.07 Å². The maximum absolute atomic E-state index is 13.7. The van der Waals surface area contributed by atoms with Gasteiger partial charge < -0.3 is 15.5 Å². The second-order valence-corrected chi connectivity index (χ2v) is 4.92. The molecule has 4 nitrogen and oxygen atoms in total. The first-order valence-electron chi connectivity index (χ1n) is 6.94. The molecule has 2 N–H and O–H groups in total. The minimum absolute atomic E-state index is 0. The van der Waals surface area contributed by atoms with Crippen molar-refractivity contribution in [2.45, 2.75) is 20.0 Å². The number of benzene rings is 1. The van der Waals surface area contributed by atoms with Gasteiger partial charge in [-0.15, -0.1) is 30.4 Å². The van der Waals surface area contributed by atoms with Crippen molar-refractivity contribution in [1.82, 2.24) is 15.5 Å². The van der Waals surface area contributed by atoms with E-state index in [9.17, 15) is 4.39 Å². The van der Waals surface area contributed by atoms with E-state index in [0.29, 0.717) is 31.2 Å². The molecule has 0 saturated heterocycles. The van der Waals surface area contributed by atoms with Gasteiger partial charge in [-0.05, 0) is 38.7 Å². The fourth-order valence-corrected chi connectivity index (χ4v) is 1.84. The van der Waals surface area contributed by atoms with Crippen molar-refractivity contribution < 1.29 is 4.39 Å². The number of rotatable bonds is 6. The van der Waals surface area contributed by atoms with Gasteiger partial charge >= 0.3 is 0 Å². The van der Waals surface area contributed by atoms with Crippen LogP contribution in [0.1, 0.15) is 18.1 Å². The largest absolute Gasteiger partial charge is 0.357 e. The van der Waals surface area contributed by atoms with E-state index in [-0.39, 0.29) is 29.8 Å². The summed E-state index contributed by atoms with van der Waals surface area (Å²) in [5, 5.41) is 6.13. The first-order valence-corrected chi connectivity index (χ1v) is 6.94. The van der Waals surface area contributed by atoms with E-state index in [4.69, 9.17) is 6.42 Å². The summed E-state index contributed by atoms with van der Waals surface area (Å²) in [5.74, 6) is 2.98. The Balaban J connectivity index is 0.00000441. The molecule has 22 heavy (non-hydrogen) atoms. The van der Waals surface area contributed by atoms with Gasteiger partial charge in [0, 0.05) is 18.7 Å². The molecule has 0 aliphatic carbocycles. The second-order valence-electron chi connectivity index (χ2n) is 4.92. The fourth-order valence-electron chi connectivity index (χ4n) is 1.84. The van der Waals surface area contributed by atoms with Gasteiger partial charge in [0.15, 0.2) is 5.96 Å². The smallest absolute Gasteiger partial charge is 0.192 e. The van der Waals surface area contributed by atoms with E-state index in [0.717, 1.165) is 12.1 Å². The summed E-state index contributed by atoms with van der Waals surface area (Å²) < 4.78 is 13.7. The molecule has 0 amide bonds. The van der Waals surface area contributed by atoms with Crippen LogP contribution in [0.15, 0.2) is 23.2 Å². The van der Waals surface area contributed by atoms with Crippen LogP contribution in [-0.4, -0.2) is 38.0 Å². The van der Waals surface area contributed by atoms with Crippen molar-refractivity contribution in [3.8, 4) is 12.3 Å². The molecule has 0 spiro atoms. The zero-order valence-corrected chi connectivity index (χ0v) is 15.6. The third kappa shape index (κ3) is 7.61. The van der Waals surface area contributed by atoms with Crippen molar-refractivity contribution in [3.05, 3.63) is 35.1 Å². The monoisotopic (exact) mass is 418 g/mol. The number of aliphatic imine (C=N–C) groups is 1. The Morgan fingerprint density at radius 2 is 2.09 bits per heavy atom. The topological polar surface area (TPSA) is 39.7 Å². The number of hydrogen-bond donors (Lipinski definition) is 2. The number of halogens is 2. The Kier molecular flexibility index (Phi) is 10.6. The van der Waals surface area contributed by atoms with E-state index in [2.05, 4.69) is 21.5 Å². The lowest BCUT2D eigenvalue weighted by Gasteiger charge is -2.12. The number of terminal acetylenes is 1. The van der Waals surface area contributed by atoms with Crippen LogP contribution in [-0.2, 0) is 13.1 Å². The Hall–Kier alpha value is -1.33. The quantitative estimate of drug-likeness (QED) is 0.322. The maximum atomic E-state index is 13.7. The molecule has 0 aromatic heterocycles. The minimum Gasteiger partial charge on any atom is -0.357 e. The first-order chi connectivity index (χ1) is 10.1. The first kappa shape index (κ1) is 20.7. The number of hydrogen-bond acceptors (Lipinski definition) is 2. The average Bonchev–Trinajstić information content (AvgIpc) is 2.44. The molecule has 122 valence electrons. The fraction of sp³-hybridized carbons (Fsp3) is 0.438. The lowest BCUT2D eigenvalue weighted by atomic mass is 10.1. The lowest BCUT2D eigenvalue weighted by molar-refractivity contribution is 0.392. The highest BCUT2D eigenvalue weighted by Crippen LogP contribution is 2.13. The van der Waals surface area contributed by atoms with Crippen molar-refractivity contribution in [2.24, 2.45) is 4.99 Å². The Bertz CT molecular complexity index is 523. The summed E-state index contributed by atoms with van der Waals surface area (Å²) in [6.45, 7) is 4.20. The summed E-state index contributed by atoms with van der Waals surface area (Å²) in [7, 11) is 3.83. The van der Waals surface area contributed by atoms with Crippen LogP contribution in [0.3, 0.4) is 0 Å². The van der Waals surface area contributed by atoms with E-state index in [1.807, 2.05) is 32.0 Å². The Morgan fingerprint density at radius 1 is 1.36 bits per heavy atom. The van der Waals surface area contributed by atoms with E-state index in [1.165, 1.54) is 6.07 Å². The van der Waals surface area contributed by atoms with Gasteiger partial charge in [0.25, 0.3) is 0 Å². The minimum atomic E-state index is -0.186. The van der Waals surface area contributed by atoms with Crippen LogP contribution < -0.4 is 10.6 Å². The van der Waals surface area contributed by atoms with E-state index < -0.39 is 0 Å². The molecule has 1 aromatic carbocycles. The molecule has 0 atom stereocenters. The molecule has 0 aliphatic heterocycles. The SMILES string of the molecule is C#CCNC(=NCc1ccc(F)c(CN(C)C)c1)NCC.I. The average molecular weight is 418 g/mol. The third-order valence-corrected chi connectivity index (χ3v) is 2.72. The molecule has 0 unspecified atom stereocenters. The number of nitrogens with one attached hydrogen (secondary N) is 2. The number of nitrogens with zero attached hydrogens (tertiary/aromatic N) is 2. The van der Waals surface area contributed by atoms with Gasteiger partial charge in [0.05, 0.1) is 13.1 Å². The standard InChI is InChI=1S/C16H23FN4.HI/c1-5-9-19-16(18-6-2)20-11-13-7-8-15(17)14(10-13)12-21(3)4;/h1,7-8,10H,6,9,11-12H2,2-4H3,(H2,18,19,20);1H. The highest BCUT2D eigenvalue weighted by Gasteiger charge is 2.05. The summed E-state index contributed by atoms with van der Waals surface area (Å²) in [6.07, 6.45) is 5.22. The van der Waals surface area contributed by atoms with Gasteiger partial charge in [0.2, 0.25) is 0 Å². The van der Waals surface area contributed by atoms with Crippen molar-refractivity contribution in [3.63, 3.8) is 0 Å². The van der Waals surface area contributed by atoms with Crippen LogP contribution in [0.2, 0.25) is 0 Å². The van der Waals surface area contributed by atoms with Crippen LogP contribution >= 0.6 is 24.0 Å². The summed E-state index contributed by atoms with van der Waals surface area (Å²) in [5.41, 5.74) is 1.64. The van der Waals surface area contributed by atoms with Crippen LogP contribution in [0.25, 0.3) is 0 Å². The van der Waals surface area contributed by atoms with E-state index >= 15 is 0 Å². The normalized spacial score (nSPS) is 10.8. The molecule has 1 rings (SSSR count). The summed E-state index contributed by atoms with van der Waals surface area (Å²) in [4.78, 5) is 6.37. The predicted molar refractivity (Wildman–Crippen MR) is 101 cm³/mol.